The number of rotatable bonds is 4. The van der Waals surface area contributed by atoms with Gasteiger partial charge in [0.25, 0.3) is 0 Å². The first-order chi connectivity index (χ1) is 8.94. The van der Waals surface area contributed by atoms with Crippen LogP contribution in [0.3, 0.4) is 0 Å². The Morgan fingerprint density at radius 3 is 2.79 bits per heavy atom. The predicted molar refractivity (Wildman–Crippen MR) is 74.4 cm³/mol. The Balaban J connectivity index is 2.05. The molecule has 2 saturated heterocycles. The van der Waals surface area contributed by atoms with Crippen molar-refractivity contribution in [3.8, 4) is 0 Å². The van der Waals surface area contributed by atoms with Gasteiger partial charge in [0.05, 0.1) is 23.7 Å². The molecule has 1 N–H and O–H groups in total. The fraction of sp³-hybridized carbons (Fsp3) is 0.923. The van der Waals surface area contributed by atoms with Crippen LogP contribution in [-0.4, -0.2) is 49.0 Å². The summed E-state index contributed by atoms with van der Waals surface area (Å²) in [5.41, 5.74) is 0. The van der Waals surface area contributed by atoms with E-state index in [4.69, 9.17) is 0 Å². The SMILES string of the molecule is CCCCC1NC(C)N(C2CCCS(=O)(=O)C2)C1=O. The average Bonchev–Trinajstić information content (AvgIpc) is 2.60. The Hall–Kier alpha value is -0.620. The normalized spacial score (nSPS) is 34.7. The molecule has 0 aromatic rings. The van der Waals surface area contributed by atoms with Crippen LogP contribution in [0.2, 0.25) is 0 Å². The fourth-order valence-electron chi connectivity index (χ4n) is 3.14. The van der Waals surface area contributed by atoms with Crippen molar-refractivity contribution >= 4 is 15.7 Å². The van der Waals surface area contributed by atoms with E-state index in [1.165, 1.54) is 0 Å². The highest BCUT2D eigenvalue weighted by Gasteiger charge is 2.42. The zero-order valence-electron chi connectivity index (χ0n) is 11.8. The van der Waals surface area contributed by atoms with E-state index in [1.54, 1.807) is 4.90 Å². The number of hydrogen-bond acceptors (Lipinski definition) is 4. The lowest BCUT2D eigenvalue weighted by Gasteiger charge is -2.33. The molecular formula is C13H24N2O3S. The van der Waals surface area contributed by atoms with E-state index in [2.05, 4.69) is 12.2 Å². The van der Waals surface area contributed by atoms with Gasteiger partial charge in [-0.15, -0.1) is 0 Å². The van der Waals surface area contributed by atoms with Gasteiger partial charge in [0.15, 0.2) is 9.84 Å². The van der Waals surface area contributed by atoms with Crippen LogP contribution < -0.4 is 5.32 Å². The van der Waals surface area contributed by atoms with Gasteiger partial charge >= 0.3 is 0 Å². The molecule has 6 heteroatoms. The molecule has 0 aliphatic carbocycles. The number of carbonyl (C=O) groups excluding carboxylic acids is 1. The first kappa shape index (κ1) is 14.8. The number of nitrogens with one attached hydrogen (secondary N) is 1. The van der Waals surface area contributed by atoms with Gasteiger partial charge in [0.1, 0.15) is 0 Å². The number of unbranched alkanes of at least 4 members (excludes halogenated alkanes) is 1. The minimum atomic E-state index is -2.97. The number of amides is 1. The molecule has 2 aliphatic rings. The number of carbonyl (C=O) groups is 1. The molecule has 0 aromatic heterocycles. The Labute approximate surface area is 115 Å². The van der Waals surface area contributed by atoms with Crippen LogP contribution in [0.1, 0.15) is 46.0 Å². The zero-order valence-corrected chi connectivity index (χ0v) is 12.6. The van der Waals surface area contributed by atoms with E-state index in [0.29, 0.717) is 6.42 Å². The molecule has 0 radical (unpaired) electrons. The maximum Gasteiger partial charge on any atom is 0.241 e. The van der Waals surface area contributed by atoms with Crippen molar-refractivity contribution in [3.05, 3.63) is 0 Å². The van der Waals surface area contributed by atoms with E-state index in [0.717, 1.165) is 25.7 Å². The van der Waals surface area contributed by atoms with Crippen LogP contribution >= 0.6 is 0 Å². The molecule has 5 nitrogen and oxygen atoms in total. The highest BCUT2D eigenvalue weighted by molar-refractivity contribution is 7.91. The summed E-state index contributed by atoms with van der Waals surface area (Å²) < 4.78 is 23.5. The second kappa shape index (κ2) is 5.79. The summed E-state index contributed by atoms with van der Waals surface area (Å²) in [5.74, 6) is 0.487. The van der Waals surface area contributed by atoms with Crippen molar-refractivity contribution in [2.45, 2.75) is 64.2 Å². The van der Waals surface area contributed by atoms with E-state index < -0.39 is 9.84 Å². The van der Waals surface area contributed by atoms with Crippen LogP contribution in [0.4, 0.5) is 0 Å². The Bertz CT molecular complexity index is 435. The number of sulfone groups is 1. The summed E-state index contributed by atoms with van der Waals surface area (Å²) in [7, 11) is -2.97. The monoisotopic (exact) mass is 288 g/mol. The standard InChI is InChI=1S/C13H24N2O3S/c1-3-4-7-12-13(16)15(10(2)14-12)11-6-5-8-19(17,18)9-11/h10-12,14H,3-9H2,1-2H3. The minimum absolute atomic E-state index is 0.0485. The van der Waals surface area contributed by atoms with E-state index in [9.17, 15) is 13.2 Å². The van der Waals surface area contributed by atoms with Crippen molar-refractivity contribution in [1.82, 2.24) is 10.2 Å². The minimum Gasteiger partial charge on any atom is -0.322 e. The van der Waals surface area contributed by atoms with Gasteiger partial charge in [-0.1, -0.05) is 19.8 Å². The first-order valence-corrected chi connectivity index (χ1v) is 9.05. The molecule has 2 fully saturated rings. The second-order valence-electron chi connectivity index (χ2n) is 5.69. The third-order valence-electron chi connectivity index (χ3n) is 4.09. The summed E-state index contributed by atoms with van der Waals surface area (Å²) in [6, 6.07) is -0.264. The lowest BCUT2D eigenvalue weighted by molar-refractivity contribution is -0.131. The number of nitrogens with zero attached hydrogens (tertiary/aromatic N) is 1. The van der Waals surface area contributed by atoms with Crippen LogP contribution in [0, 0.1) is 0 Å². The molecule has 2 aliphatic heterocycles. The largest absolute Gasteiger partial charge is 0.322 e. The Morgan fingerprint density at radius 1 is 1.42 bits per heavy atom. The molecule has 0 bridgehead atoms. The fourth-order valence-corrected chi connectivity index (χ4v) is 4.83. The van der Waals surface area contributed by atoms with Gasteiger partial charge in [-0.25, -0.2) is 8.42 Å². The summed E-state index contributed by atoms with van der Waals surface area (Å²) in [6.07, 6.45) is 4.36. The topological polar surface area (TPSA) is 66.5 Å². The van der Waals surface area contributed by atoms with Gasteiger partial charge in [0, 0.05) is 6.04 Å². The van der Waals surface area contributed by atoms with Crippen LogP contribution in [-0.2, 0) is 14.6 Å². The molecule has 19 heavy (non-hydrogen) atoms. The van der Waals surface area contributed by atoms with Gasteiger partial charge in [-0.3, -0.25) is 10.1 Å². The van der Waals surface area contributed by atoms with Gasteiger partial charge in [-0.2, -0.15) is 0 Å². The van der Waals surface area contributed by atoms with Crippen molar-refractivity contribution in [1.29, 1.82) is 0 Å². The van der Waals surface area contributed by atoms with Crippen LogP contribution in [0.25, 0.3) is 0 Å². The molecule has 0 saturated carbocycles. The molecule has 2 heterocycles. The van der Waals surface area contributed by atoms with Crippen molar-refractivity contribution in [2.75, 3.05) is 11.5 Å². The summed E-state index contributed by atoms with van der Waals surface area (Å²) in [5, 5.41) is 3.29. The smallest absolute Gasteiger partial charge is 0.241 e. The third-order valence-corrected chi connectivity index (χ3v) is 5.89. The maximum absolute atomic E-state index is 12.4. The average molecular weight is 288 g/mol. The molecule has 1 amide bonds. The lowest BCUT2D eigenvalue weighted by Crippen LogP contribution is -2.48. The second-order valence-corrected chi connectivity index (χ2v) is 7.92. The Kier molecular flexibility index (Phi) is 4.50. The van der Waals surface area contributed by atoms with Crippen molar-refractivity contribution in [3.63, 3.8) is 0 Å². The zero-order chi connectivity index (χ0) is 14.0. The molecule has 0 spiro atoms. The summed E-state index contributed by atoms with van der Waals surface area (Å²) in [6.45, 7) is 4.05. The molecule has 2 rings (SSSR count). The summed E-state index contributed by atoms with van der Waals surface area (Å²) in [4.78, 5) is 14.2. The van der Waals surface area contributed by atoms with Gasteiger partial charge < -0.3 is 4.90 Å². The first-order valence-electron chi connectivity index (χ1n) is 7.23. The quantitative estimate of drug-likeness (QED) is 0.834. The van der Waals surface area contributed by atoms with E-state index in [1.807, 2.05) is 6.92 Å². The highest BCUT2D eigenvalue weighted by atomic mass is 32.2. The highest BCUT2D eigenvalue weighted by Crippen LogP contribution is 2.24. The van der Waals surface area contributed by atoms with E-state index in [-0.39, 0.29) is 35.7 Å². The summed E-state index contributed by atoms with van der Waals surface area (Å²) >= 11 is 0. The van der Waals surface area contributed by atoms with Crippen LogP contribution in [0.5, 0.6) is 0 Å². The number of hydrogen-bond donors (Lipinski definition) is 1. The lowest BCUT2D eigenvalue weighted by atomic mass is 10.1. The molecule has 110 valence electrons. The maximum atomic E-state index is 12.4. The van der Waals surface area contributed by atoms with Crippen molar-refractivity contribution in [2.24, 2.45) is 0 Å². The third kappa shape index (κ3) is 3.28. The molecular weight excluding hydrogens is 264 g/mol. The molecule has 0 aromatic carbocycles. The Morgan fingerprint density at radius 2 is 2.16 bits per heavy atom. The van der Waals surface area contributed by atoms with Gasteiger partial charge in [-0.05, 0) is 26.2 Å². The molecule has 3 unspecified atom stereocenters. The van der Waals surface area contributed by atoms with Crippen molar-refractivity contribution < 1.29 is 13.2 Å². The predicted octanol–water partition coefficient (Wildman–Crippen LogP) is 0.900. The van der Waals surface area contributed by atoms with Gasteiger partial charge in [0.2, 0.25) is 5.91 Å². The van der Waals surface area contributed by atoms with Crippen LogP contribution in [0.15, 0.2) is 0 Å². The van der Waals surface area contributed by atoms with E-state index >= 15 is 0 Å². The molecule has 3 atom stereocenters.